The van der Waals surface area contributed by atoms with Gasteiger partial charge in [0.2, 0.25) is 0 Å². The summed E-state index contributed by atoms with van der Waals surface area (Å²) in [6.45, 7) is 7.62. The normalized spacial score (nSPS) is 25.8. The van der Waals surface area contributed by atoms with Crippen molar-refractivity contribution in [2.75, 3.05) is 13.1 Å². The highest BCUT2D eigenvalue weighted by Gasteiger charge is 2.42. The number of allylic oxidation sites excluding steroid dienone is 2. The van der Waals surface area contributed by atoms with Crippen LogP contribution < -0.4 is 5.32 Å². The fourth-order valence-corrected chi connectivity index (χ4v) is 6.09. The number of benzene rings is 1. The van der Waals surface area contributed by atoms with Crippen LogP contribution in [-0.2, 0) is 17.8 Å². The monoisotopic (exact) mass is 443 g/mol. The van der Waals surface area contributed by atoms with Gasteiger partial charge in [0, 0.05) is 36.8 Å². The Morgan fingerprint density at radius 1 is 1.24 bits per heavy atom. The predicted octanol–water partition coefficient (Wildman–Crippen LogP) is 4.35. The van der Waals surface area contributed by atoms with Crippen LogP contribution in [0.25, 0.3) is 16.7 Å². The molecule has 2 aliphatic heterocycles. The number of fused-ring (bicyclic) bond motifs is 4. The molecule has 2 aliphatic carbocycles. The summed E-state index contributed by atoms with van der Waals surface area (Å²) in [6.07, 6.45) is 8.87. The first-order chi connectivity index (χ1) is 15.8. The van der Waals surface area contributed by atoms with Crippen molar-refractivity contribution >= 4 is 11.5 Å². The molecule has 172 valence electrons. The van der Waals surface area contributed by atoms with E-state index in [1.807, 2.05) is 11.1 Å². The second kappa shape index (κ2) is 7.51. The number of aliphatic hydroxyl groups is 1. The van der Waals surface area contributed by atoms with Gasteiger partial charge in [-0.1, -0.05) is 6.08 Å². The van der Waals surface area contributed by atoms with Crippen LogP contribution in [-0.4, -0.2) is 39.6 Å². The van der Waals surface area contributed by atoms with E-state index in [0.717, 1.165) is 24.9 Å². The topological polar surface area (TPSA) is 65.5 Å². The molecule has 2 unspecified atom stereocenters. The summed E-state index contributed by atoms with van der Waals surface area (Å²) >= 11 is 0. The summed E-state index contributed by atoms with van der Waals surface area (Å²) in [6, 6.07) is 7.30. The fraction of sp³-hybridized carbons (Fsp3) is 0.500. The van der Waals surface area contributed by atoms with Crippen molar-refractivity contribution in [2.45, 2.75) is 70.6 Å². The molecule has 2 N–H and O–H groups in total. The van der Waals surface area contributed by atoms with Gasteiger partial charge in [0.1, 0.15) is 5.60 Å². The molecule has 1 aromatic heterocycles. The lowest BCUT2D eigenvalue weighted by atomic mass is 9.86. The second-order valence-electron chi connectivity index (χ2n) is 10.9. The molecule has 2 fully saturated rings. The summed E-state index contributed by atoms with van der Waals surface area (Å²) in [5, 5.41) is 14.0. The van der Waals surface area contributed by atoms with Gasteiger partial charge < -0.3 is 15.3 Å². The van der Waals surface area contributed by atoms with Crippen LogP contribution in [0.4, 0.5) is 0 Å². The molecule has 5 heteroatoms. The van der Waals surface area contributed by atoms with Gasteiger partial charge in [0.15, 0.2) is 0 Å². The van der Waals surface area contributed by atoms with Gasteiger partial charge in [-0.3, -0.25) is 9.78 Å². The highest BCUT2D eigenvalue weighted by atomic mass is 16.3. The quantitative estimate of drug-likeness (QED) is 0.740. The Bertz CT molecular complexity index is 1170. The number of amides is 1. The van der Waals surface area contributed by atoms with E-state index < -0.39 is 5.60 Å². The largest absolute Gasteiger partial charge is 0.381 e. The van der Waals surface area contributed by atoms with Crippen LogP contribution in [0.15, 0.2) is 30.5 Å². The smallest absolute Gasteiger partial charge is 0.254 e. The van der Waals surface area contributed by atoms with Crippen LogP contribution in [0, 0.1) is 5.92 Å². The van der Waals surface area contributed by atoms with Crippen molar-refractivity contribution in [3.63, 3.8) is 0 Å². The van der Waals surface area contributed by atoms with E-state index in [-0.39, 0.29) is 5.91 Å². The zero-order chi connectivity index (χ0) is 22.9. The number of carbonyl (C=O) groups is 1. The van der Waals surface area contributed by atoms with Gasteiger partial charge in [-0.25, -0.2) is 0 Å². The van der Waals surface area contributed by atoms with E-state index >= 15 is 0 Å². The molecule has 1 amide bonds. The molecule has 0 spiro atoms. The van der Waals surface area contributed by atoms with Crippen molar-refractivity contribution in [3.05, 3.63) is 58.4 Å². The average Bonchev–Trinajstić information content (AvgIpc) is 3.36. The maximum absolute atomic E-state index is 12.8. The Morgan fingerprint density at radius 2 is 2.09 bits per heavy atom. The molecule has 0 radical (unpaired) electrons. The van der Waals surface area contributed by atoms with Crippen LogP contribution in [0.5, 0.6) is 0 Å². The highest BCUT2D eigenvalue weighted by molar-refractivity contribution is 5.84. The minimum absolute atomic E-state index is 0.200. The van der Waals surface area contributed by atoms with Crippen molar-refractivity contribution in [2.24, 2.45) is 5.92 Å². The lowest BCUT2D eigenvalue weighted by molar-refractivity contribution is -0.148. The van der Waals surface area contributed by atoms with Gasteiger partial charge in [0.25, 0.3) is 5.91 Å². The third-order valence-corrected chi connectivity index (χ3v) is 7.95. The Kier molecular flexibility index (Phi) is 4.79. The van der Waals surface area contributed by atoms with Crippen molar-refractivity contribution in [3.8, 4) is 11.1 Å². The van der Waals surface area contributed by atoms with Crippen molar-refractivity contribution < 1.29 is 9.90 Å². The molecule has 1 aromatic carbocycles. The van der Waals surface area contributed by atoms with Gasteiger partial charge in [-0.15, -0.1) is 0 Å². The number of nitrogens with zero attached hydrogens (tertiary/aromatic N) is 2. The van der Waals surface area contributed by atoms with Gasteiger partial charge in [0.05, 0.1) is 5.69 Å². The molecule has 0 bridgehead atoms. The number of pyridine rings is 1. The van der Waals surface area contributed by atoms with Crippen LogP contribution in [0.3, 0.4) is 0 Å². The van der Waals surface area contributed by atoms with Crippen LogP contribution >= 0.6 is 0 Å². The van der Waals surface area contributed by atoms with Crippen molar-refractivity contribution in [1.82, 2.24) is 15.2 Å². The van der Waals surface area contributed by atoms with Crippen LogP contribution in [0.2, 0.25) is 0 Å². The highest BCUT2D eigenvalue weighted by Crippen LogP contribution is 2.54. The molecular weight excluding hydrogens is 410 g/mol. The van der Waals surface area contributed by atoms with E-state index in [0.29, 0.717) is 31.0 Å². The van der Waals surface area contributed by atoms with E-state index in [9.17, 15) is 9.90 Å². The molecule has 2 aromatic rings. The molecule has 6 rings (SSSR count). The summed E-state index contributed by atoms with van der Waals surface area (Å²) in [7, 11) is 0. The summed E-state index contributed by atoms with van der Waals surface area (Å²) in [5.41, 5.74) is 8.83. The lowest BCUT2D eigenvalue weighted by Gasteiger charge is -2.35. The SMILES string of the molecule is CC1=CC2CC2c2ncc(-c3cc4c(c([C@@H]5CCCN5)c3)CCN(C(=O)C(C)(C)O)C4)cc21. The maximum atomic E-state index is 12.8. The van der Waals surface area contributed by atoms with Gasteiger partial charge in [-0.05, 0) is 111 Å². The molecular formula is C28H33N3O2. The first-order valence-electron chi connectivity index (χ1n) is 12.4. The number of nitrogens with one attached hydrogen (secondary N) is 1. The number of hydrogen-bond donors (Lipinski definition) is 2. The Hall–Kier alpha value is -2.50. The first kappa shape index (κ1) is 21.1. The van der Waals surface area contributed by atoms with Crippen LogP contribution in [0.1, 0.15) is 79.9 Å². The van der Waals surface area contributed by atoms with Crippen molar-refractivity contribution in [1.29, 1.82) is 0 Å². The average molecular weight is 444 g/mol. The third kappa shape index (κ3) is 3.62. The van der Waals surface area contributed by atoms with E-state index in [1.165, 1.54) is 51.9 Å². The first-order valence-corrected chi connectivity index (χ1v) is 12.4. The molecule has 4 aliphatic rings. The Morgan fingerprint density at radius 3 is 2.85 bits per heavy atom. The predicted molar refractivity (Wildman–Crippen MR) is 130 cm³/mol. The molecule has 1 saturated heterocycles. The molecule has 1 saturated carbocycles. The number of rotatable bonds is 3. The van der Waals surface area contributed by atoms with E-state index in [2.05, 4.69) is 36.5 Å². The maximum Gasteiger partial charge on any atom is 0.254 e. The molecule has 3 heterocycles. The summed E-state index contributed by atoms with van der Waals surface area (Å²) < 4.78 is 0. The minimum Gasteiger partial charge on any atom is -0.381 e. The molecule has 5 nitrogen and oxygen atoms in total. The minimum atomic E-state index is -1.35. The third-order valence-electron chi connectivity index (χ3n) is 7.95. The lowest BCUT2D eigenvalue weighted by Crippen LogP contribution is -2.47. The zero-order valence-electron chi connectivity index (χ0n) is 19.8. The Balaban J connectivity index is 1.42. The molecule has 3 atom stereocenters. The standard InChI is InChI=1S/C28H33N3O2/c1-16-9-18-12-23(18)26-22(16)13-19(14-30-26)17-10-20-15-31(27(32)28(2,3)33)8-6-21(20)24(11-17)25-5-4-7-29-25/h9-11,13-14,18,23,25,29,33H,4-8,12,15H2,1-3H3/t18?,23?,25-/m0/s1. The van der Waals surface area contributed by atoms with Gasteiger partial charge >= 0.3 is 0 Å². The van der Waals surface area contributed by atoms with Gasteiger partial charge in [-0.2, -0.15) is 0 Å². The zero-order valence-corrected chi connectivity index (χ0v) is 19.8. The van der Waals surface area contributed by atoms with E-state index in [4.69, 9.17) is 4.98 Å². The summed E-state index contributed by atoms with van der Waals surface area (Å²) in [5.74, 6) is 1.11. The fourth-order valence-electron chi connectivity index (χ4n) is 6.09. The van der Waals surface area contributed by atoms with E-state index in [1.54, 1.807) is 13.8 Å². The number of carbonyl (C=O) groups excluding carboxylic acids is 1. The molecule has 33 heavy (non-hydrogen) atoms. The summed E-state index contributed by atoms with van der Waals surface area (Å²) in [4.78, 5) is 19.5. The number of hydrogen-bond acceptors (Lipinski definition) is 4. The number of aromatic nitrogens is 1. The second-order valence-corrected chi connectivity index (χ2v) is 10.9. The Labute approximate surface area is 195 Å².